The lowest BCUT2D eigenvalue weighted by atomic mass is 10.4. The van der Waals surface area contributed by atoms with Crippen LogP contribution in [0.3, 0.4) is 0 Å². The molecule has 4 N–H and O–H groups in total. The van der Waals surface area contributed by atoms with Gasteiger partial charge in [-0.3, -0.25) is 4.79 Å². The second-order valence-electron chi connectivity index (χ2n) is 4.27. The molecule has 104 valence electrons. The molecule has 0 unspecified atom stereocenters. The summed E-state index contributed by atoms with van der Waals surface area (Å²) in [4.78, 5) is 16.6. The quantitative estimate of drug-likeness (QED) is 0.505. The number of thiazole rings is 1. The van der Waals surface area contributed by atoms with Crippen molar-refractivity contribution in [3.05, 3.63) is 17.5 Å². The van der Waals surface area contributed by atoms with E-state index in [-0.39, 0.29) is 5.91 Å². The summed E-state index contributed by atoms with van der Waals surface area (Å²) >= 11 is 3.05. The largest absolute Gasteiger partial charge is 0.382 e. The van der Waals surface area contributed by atoms with Crippen LogP contribution < -0.4 is 16.4 Å². The van der Waals surface area contributed by atoms with E-state index in [2.05, 4.69) is 22.2 Å². The summed E-state index contributed by atoms with van der Waals surface area (Å²) in [7, 11) is 0. The average Bonchev–Trinajstić information content (AvgIpc) is 3.11. The van der Waals surface area contributed by atoms with Crippen molar-refractivity contribution in [3.63, 3.8) is 0 Å². The van der Waals surface area contributed by atoms with E-state index in [1.165, 1.54) is 24.2 Å². The summed E-state index contributed by atoms with van der Waals surface area (Å²) in [5, 5.41) is 6.84. The molecule has 1 heterocycles. The maximum Gasteiger partial charge on any atom is 0.265 e. The van der Waals surface area contributed by atoms with E-state index in [0.29, 0.717) is 23.3 Å². The van der Waals surface area contributed by atoms with Gasteiger partial charge in [0.15, 0.2) is 5.13 Å². The van der Waals surface area contributed by atoms with Crippen molar-refractivity contribution >= 4 is 40.0 Å². The fourth-order valence-electron chi connectivity index (χ4n) is 1.44. The molecular formula is C12H18N4OS2. The summed E-state index contributed by atoms with van der Waals surface area (Å²) < 4.78 is 0. The number of rotatable bonds is 8. The molecule has 0 spiro atoms. The van der Waals surface area contributed by atoms with Gasteiger partial charge in [0, 0.05) is 24.1 Å². The zero-order valence-corrected chi connectivity index (χ0v) is 12.3. The highest BCUT2D eigenvalue weighted by molar-refractivity contribution is 7.99. The number of aromatic nitrogens is 1. The van der Waals surface area contributed by atoms with Crippen LogP contribution in [0.2, 0.25) is 0 Å². The van der Waals surface area contributed by atoms with Crippen LogP contribution in [0.4, 0.5) is 10.9 Å². The fraction of sp³-hybridized carbons (Fsp3) is 0.500. The summed E-state index contributed by atoms with van der Waals surface area (Å²) in [5.41, 5.74) is 5.77. The third-order valence-corrected chi connectivity index (χ3v) is 4.50. The van der Waals surface area contributed by atoms with Gasteiger partial charge < -0.3 is 16.4 Å². The summed E-state index contributed by atoms with van der Waals surface area (Å²) in [6.07, 6.45) is 4.19. The first-order valence-electron chi connectivity index (χ1n) is 6.20. The normalized spacial score (nSPS) is 14.1. The van der Waals surface area contributed by atoms with Crippen LogP contribution in [0.5, 0.6) is 0 Å². The van der Waals surface area contributed by atoms with Crippen LogP contribution in [0, 0.1) is 0 Å². The minimum absolute atomic E-state index is 0.141. The first-order chi connectivity index (χ1) is 9.20. The number of carbonyl (C=O) groups is 1. The van der Waals surface area contributed by atoms with Crippen LogP contribution in [0.1, 0.15) is 22.5 Å². The number of anilines is 2. The first kappa shape index (κ1) is 14.2. The zero-order valence-electron chi connectivity index (χ0n) is 10.6. The molecule has 1 saturated carbocycles. The number of hydrogen-bond acceptors (Lipinski definition) is 6. The molecule has 0 aliphatic heterocycles. The standard InChI is InChI=1S/C12H18N4OS2/c1-2-6-18-7-5-14-11(17)9-10(13)16-12(19-9)15-8-3-4-8/h2,8H,1,3-7,13H2,(H,14,17)(H,15,16). The molecule has 0 bridgehead atoms. The second-order valence-corrected chi connectivity index (χ2v) is 6.42. The lowest BCUT2D eigenvalue weighted by Gasteiger charge is -2.02. The smallest absolute Gasteiger partial charge is 0.265 e. The Morgan fingerprint density at radius 1 is 1.63 bits per heavy atom. The van der Waals surface area contributed by atoms with E-state index >= 15 is 0 Å². The maximum absolute atomic E-state index is 11.9. The van der Waals surface area contributed by atoms with E-state index in [9.17, 15) is 4.79 Å². The number of amides is 1. The molecule has 1 fully saturated rings. The molecule has 1 amide bonds. The first-order valence-corrected chi connectivity index (χ1v) is 8.17. The maximum atomic E-state index is 11.9. The Kier molecular flexibility index (Phi) is 5.09. The molecule has 1 aliphatic carbocycles. The van der Waals surface area contributed by atoms with Crippen molar-refractivity contribution < 1.29 is 4.79 Å². The highest BCUT2D eigenvalue weighted by Crippen LogP contribution is 2.30. The topological polar surface area (TPSA) is 80.0 Å². The number of nitrogens with one attached hydrogen (secondary N) is 2. The monoisotopic (exact) mass is 298 g/mol. The van der Waals surface area contributed by atoms with Gasteiger partial charge in [0.1, 0.15) is 10.7 Å². The molecule has 0 saturated heterocycles. The van der Waals surface area contributed by atoms with Crippen LogP contribution in [0.25, 0.3) is 0 Å². The van der Waals surface area contributed by atoms with Gasteiger partial charge in [-0.05, 0) is 12.8 Å². The van der Waals surface area contributed by atoms with Crippen molar-refractivity contribution in [3.8, 4) is 0 Å². The van der Waals surface area contributed by atoms with Crippen LogP contribution in [-0.2, 0) is 0 Å². The van der Waals surface area contributed by atoms with Crippen molar-refractivity contribution in [1.29, 1.82) is 0 Å². The molecule has 0 radical (unpaired) electrons. The fourth-order valence-corrected chi connectivity index (χ4v) is 2.90. The van der Waals surface area contributed by atoms with Crippen LogP contribution in [-0.4, -0.2) is 35.0 Å². The Bertz CT molecular complexity index is 457. The Hall–Kier alpha value is -1.21. The van der Waals surface area contributed by atoms with Crippen molar-refractivity contribution in [2.75, 3.05) is 29.1 Å². The predicted molar refractivity (Wildman–Crippen MR) is 83.0 cm³/mol. The number of nitrogen functional groups attached to an aromatic ring is 1. The van der Waals surface area contributed by atoms with E-state index in [4.69, 9.17) is 5.73 Å². The van der Waals surface area contributed by atoms with Gasteiger partial charge in [-0.15, -0.1) is 6.58 Å². The zero-order chi connectivity index (χ0) is 13.7. The number of carbonyl (C=O) groups excluding carboxylic acids is 1. The molecule has 2 rings (SSSR count). The number of nitrogens with two attached hydrogens (primary N) is 1. The summed E-state index contributed by atoms with van der Waals surface area (Å²) in [5.74, 6) is 1.93. The van der Waals surface area contributed by atoms with Gasteiger partial charge in [-0.2, -0.15) is 11.8 Å². The van der Waals surface area contributed by atoms with E-state index in [0.717, 1.165) is 16.6 Å². The third-order valence-electron chi connectivity index (χ3n) is 2.53. The highest BCUT2D eigenvalue weighted by Gasteiger charge is 2.24. The lowest BCUT2D eigenvalue weighted by Crippen LogP contribution is -2.25. The number of nitrogens with zero attached hydrogens (tertiary/aromatic N) is 1. The van der Waals surface area contributed by atoms with Gasteiger partial charge in [0.2, 0.25) is 0 Å². The second kappa shape index (κ2) is 6.81. The Morgan fingerprint density at radius 2 is 2.42 bits per heavy atom. The molecule has 19 heavy (non-hydrogen) atoms. The molecule has 5 nitrogen and oxygen atoms in total. The van der Waals surface area contributed by atoms with Gasteiger partial charge >= 0.3 is 0 Å². The minimum atomic E-state index is -0.141. The summed E-state index contributed by atoms with van der Waals surface area (Å²) in [6, 6.07) is 0.511. The Balaban J connectivity index is 1.80. The number of hydrogen-bond donors (Lipinski definition) is 3. The van der Waals surface area contributed by atoms with Gasteiger partial charge in [-0.25, -0.2) is 4.98 Å². The minimum Gasteiger partial charge on any atom is -0.382 e. The van der Waals surface area contributed by atoms with Crippen molar-refractivity contribution in [1.82, 2.24) is 10.3 Å². The highest BCUT2D eigenvalue weighted by atomic mass is 32.2. The molecule has 0 aromatic carbocycles. The molecule has 1 aromatic rings. The van der Waals surface area contributed by atoms with Crippen LogP contribution in [0.15, 0.2) is 12.7 Å². The molecular weight excluding hydrogens is 280 g/mol. The lowest BCUT2D eigenvalue weighted by molar-refractivity contribution is 0.0961. The van der Waals surface area contributed by atoms with E-state index in [1.54, 1.807) is 11.8 Å². The van der Waals surface area contributed by atoms with Gasteiger partial charge in [-0.1, -0.05) is 17.4 Å². The number of thioether (sulfide) groups is 1. The van der Waals surface area contributed by atoms with E-state index in [1.807, 2.05) is 6.08 Å². The summed E-state index contributed by atoms with van der Waals surface area (Å²) in [6.45, 7) is 4.27. The van der Waals surface area contributed by atoms with Gasteiger partial charge in [0.05, 0.1) is 0 Å². The van der Waals surface area contributed by atoms with Crippen molar-refractivity contribution in [2.24, 2.45) is 0 Å². The molecule has 0 atom stereocenters. The van der Waals surface area contributed by atoms with E-state index < -0.39 is 0 Å². The molecule has 1 aliphatic rings. The molecule has 7 heteroatoms. The average molecular weight is 298 g/mol. The predicted octanol–water partition coefficient (Wildman–Crippen LogP) is 1.95. The van der Waals surface area contributed by atoms with Crippen molar-refractivity contribution in [2.45, 2.75) is 18.9 Å². The SMILES string of the molecule is C=CCSCCNC(=O)c1sc(NC2CC2)nc1N. The Morgan fingerprint density at radius 3 is 3.11 bits per heavy atom. The molecule has 1 aromatic heterocycles. The third kappa shape index (κ3) is 4.43. The van der Waals surface area contributed by atoms with Gasteiger partial charge in [0.25, 0.3) is 5.91 Å². The van der Waals surface area contributed by atoms with Crippen LogP contribution >= 0.6 is 23.1 Å². The Labute approximate surface area is 121 Å².